The monoisotopic (exact) mass is 294 g/mol. The molecule has 0 aromatic carbocycles. The lowest BCUT2D eigenvalue weighted by molar-refractivity contribution is -0.148. The summed E-state index contributed by atoms with van der Waals surface area (Å²) in [6, 6.07) is 0. The first kappa shape index (κ1) is 16.6. The second-order valence-corrected chi connectivity index (χ2v) is 7.11. The van der Waals surface area contributed by atoms with Gasteiger partial charge in [0.2, 0.25) is 0 Å². The second-order valence-electron chi connectivity index (χ2n) is 7.11. The maximum atomic E-state index is 11.9. The summed E-state index contributed by atoms with van der Waals surface area (Å²) in [4.78, 5) is 11.9. The minimum Gasteiger partial charge on any atom is -0.466 e. The summed E-state index contributed by atoms with van der Waals surface area (Å²) < 4.78 is 17.3. The van der Waals surface area contributed by atoms with Gasteiger partial charge >= 0.3 is 13.1 Å². The Bertz CT molecular complexity index is 426. The van der Waals surface area contributed by atoms with Crippen LogP contribution in [0.15, 0.2) is 11.5 Å². The molecule has 2 aliphatic rings. The Morgan fingerprint density at radius 2 is 1.90 bits per heavy atom. The van der Waals surface area contributed by atoms with Gasteiger partial charge in [-0.25, -0.2) is 0 Å². The van der Waals surface area contributed by atoms with E-state index in [0.717, 1.165) is 11.9 Å². The number of esters is 1. The Hall–Kier alpha value is -0.805. The molecule has 0 N–H and O–H groups in total. The molecular weight excluding hydrogens is 267 g/mol. The summed E-state index contributed by atoms with van der Waals surface area (Å²) in [5.41, 5.74) is 0.515. The number of carbonyl (C=O) groups excluding carboxylic acids is 1. The Labute approximate surface area is 128 Å². The first-order chi connectivity index (χ1) is 9.68. The van der Waals surface area contributed by atoms with Gasteiger partial charge in [-0.1, -0.05) is 13.0 Å². The Morgan fingerprint density at radius 1 is 1.33 bits per heavy atom. The zero-order valence-corrected chi connectivity index (χ0v) is 14.1. The molecule has 0 aromatic rings. The van der Waals surface area contributed by atoms with Crippen LogP contribution < -0.4 is 0 Å². The van der Waals surface area contributed by atoms with Crippen molar-refractivity contribution in [3.63, 3.8) is 0 Å². The molecule has 0 spiro atoms. The standard InChI is InChI=1S/C16H27BO4/c1-7-19-14(18)12-8-9-13(11(2)10-12)17-20-15(3,4)16(5,6)21-17/h9,11-12H,7-8,10H2,1-6H3/t11-,12-/m0/s1. The topological polar surface area (TPSA) is 44.8 Å². The molecule has 21 heavy (non-hydrogen) atoms. The zero-order valence-electron chi connectivity index (χ0n) is 14.1. The lowest BCUT2D eigenvalue weighted by atomic mass is 9.65. The second kappa shape index (κ2) is 5.77. The lowest BCUT2D eigenvalue weighted by Gasteiger charge is -2.32. The van der Waals surface area contributed by atoms with E-state index in [9.17, 15) is 4.79 Å². The van der Waals surface area contributed by atoms with Gasteiger partial charge in [-0.2, -0.15) is 0 Å². The Kier molecular flexibility index (Phi) is 4.55. The summed E-state index contributed by atoms with van der Waals surface area (Å²) in [6.45, 7) is 12.6. The zero-order chi connectivity index (χ0) is 15.8. The fourth-order valence-electron chi connectivity index (χ4n) is 2.90. The first-order valence-electron chi connectivity index (χ1n) is 7.90. The number of allylic oxidation sites excluding steroid dienone is 2. The predicted octanol–water partition coefficient (Wildman–Crippen LogP) is 3.15. The van der Waals surface area contributed by atoms with E-state index in [0.29, 0.717) is 13.0 Å². The molecule has 0 bridgehead atoms. The SMILES string of the molecule is CCOC(=O)[C@H]1CC=C(B2OC(C)(C)C(C)(C)O2)[C@@H](C)C1. The van der Waals surface area contributed by atoms with Crippen LogP contribution in [0.5, 0.6) is 0 Å². The highest BCUT2D eigenvalue weighted by Crippen LogP contribution is 2.42. The van der Waals surface area contributed by atoms with Crippen molar-refractivity contribution in [2.24, 2.45) is 11.8 Å². The van der Waals surface area contributed by atoms with E-state index < -0.39 is 0 Å². The molecule has 1 heterocycles. The molecule has 1 fully saturated rings. The molecule has 4 nitrogen and oxygen atoms in total. The summed E-state index contributed by atoms with van der Waals surface area (Å²) >= 11 is 0. The molecule has 118 valence electrons. The first-order valence-corrected chi connectivity index (χ1v) is 7.90. The van der Waals surface area contributed by atoms with E-state index in [1.54, 1.807) is 0 Å². The third-order valence-electron chi connectivity index (χ3n) is 4.99. The molecule has 5 heteroatoms. The highest BCUT2D eigenvalue weighted by atomic mass is 16.7. The average molecular weight is 294 g/mol. The molecule has 2 rings (SSSR count). The lowest BCUT2D eigenvalue weighted by Crippen LogP contribution is -2.41. The Balaban J connectivity index is 2.08. The molecule has 1 aliphatic heterocycles. The maximum absolute atomic E-state index is 11.9. The van der Waals surface area contributed by atoms with Gasteiger partial charge in [-0.3, -0.25) is 4.79 Å². The smallest absolute Gasteiger partial charge is 0.466 e. The number of hydrogen-bond donors (Lipinski definition) is 0. The number of hydrogen-bond acceptors (Lipinski definition) is 4. The van der Waals surface area contributed by atoms with Gasteiger partial charge in [0.1, 0.15) is 0 Å². The van der Waals surface area contributed by atoms with Gasteiger partial charge in [0.05, 0.1) is 23.7 Å². The highest BCUT2D eigenvalue weighted by Gasteiger charge is 2.53. The quantitative estimate of drug-likeness (QED) is 0.592. The largest absolute Gasteiger partial charge is 0.490 e. The van der Waals surface area contributed by atoms with Crippen LogP contribution in [0.25, 0.3) is 0 Å². The van der Waals surface area contributed by atoms with Gasteiger partial charge in [-0.15, -0.1) is 0 Å². The molecule has 0 saturated carbocycles. The molecule has 0 radical (unpaired) electrons. The van der Waals surface area contributed by atoms with Crippen LogP contribution in [-0.2, 0) is 18.8 Å². The summed E-state index contributed by atoms with van der Waals surface area (Å²) in [5, 5.41) is 0. The van der Waals surface area contributed by atoms with Crippen molar-refractivity contribution in [1.82, 2.24) is 0 Å². The van der Waals surface area contributed by atoms with Gasteiger partial charge in [-0.05, 0) is 58.9 Å². The van der Waals surface area contributed by atoms with Crippen molar-refractivity contribution in [1.29, 1.82) is 0 Å². The van der Waals surface area contributed by atoms with Crippen LogP contribution in [0.1, 0.15) is 54.4 Å². The van der Waals surface area contributed by atoms with E-state index in [1.165, 1.54) is 0 Å². The summed E-state index contributed by atoms with van der Waals surface area (Å²) in [6.07, 6.45) is 3.62. The van der Waals surface area contributed by atoms with E-state index in [2.05, 4.69) is 40.7 Å². The predicted molar refractivity (Wildman–Crippen MR) is 82.7 cm³/mol. The van der Waals surface area contributed by atoms with E-state index in [4.69, 9.17) is 14.0 Å². The van der Waals surface area contributed by atoms with E-state index >= 15 is 0 Å². The van der Waals surface area contributed by atoms with Gasteiger partial charge < -0.3 is 14.0 Å². The normalized spacial score (nSPS) is 31.0. The Morgan fingerprint density at radius 3 is 2.38 bits per heavy atom. The number of carbonyl (C=O) groups is 1. The molecule has 0 unspecified atom stereocenters. The molecule has 2 atom stereocenters. The molecule has 1 aliphatic carbocycles. The van der Waals surface area contributed by atoms with Crippen LogP contribution in [-0.4, -0.2) is 30.9 Å². The molecule has 1 saturated heterocycles. The van der Waals surface area contributed by atoms with Gasteiger partial charge in [0.25, 0.3) is 0 Å². The van der Waals surface area contributed by atoms with Crippen molar-refractivity contribution in [2.45, 2.75) is 65.6 Å². The number of ether oxygens (including phenoxy) is 1. The van der Waals surface area contributed by atoms with Crippen LogP contribution in [0, 0.1) is 11.8 Å². The highest BCUT2D eigenvalue weighted by molar-refractivity contribution is 6.54. The van der Waals surface area contributed by atoms with Gasteiger partial charge in [0.15, 0.2) is 0 Å². The van der Waals surface area contributed by atoms with E-state index in [-0.39, 0.29) is 36.1 Å². The molecule has 0 amide bonds. The van der Waals surface area contributed by atoms with Crippen LogP contribution in [0.4, 0.5) is 0 Å². The third kappa shape index (κ3) is 3.19. The van der Waals surface area contributed by atoms with Crippen LogP contribution >= 0.6 is 0 Å². The molecular formula is C16H27BO4. The van der Waals surface area contributed by atoms with Crippen molar-refractivity contribution < 1.29 is 18.8 Å². The average Bonchev–Trinajstić information content (AvgIpc) is 2.58. The van der Waals surface area contributed by atoms with Crippen molar-refractivity contribution in [3.05, 3.63) is 11.5 Å². The van der Waals surface area contributed by atoms with Crippen molar-refractivity contribution >= 4 is 13.1 Å². The molecule has 0 aromatic heterocycles. The maximum Gasteiger partial charge on any atom is 0.490 e. The van der Waals surface area contributed by atoms with E-state index in [1.807, 2.05) is 6.92 Å². The minimum atomic E-state index is -0.323. The number of rotatable bonds is 3. The third-order valence-corrected chi connectivity index (χ3v) is 4.99. The fourth-order valence-corrected chi connectivity index (χ4v) is 2.90. The summed E-state index contributed by atoms with van der Waals surface area (Å²) in [5.74, 6) is 0.141. The van der Waals surface area contributed by atoms with Crippen LogP contribution in [0.2, 0.25) is 0 Å². The van der Waals surface area contributed by atoms with Crippen molar-refractivity contribution in [2.75, 3.05) is 6.61 Å². The minimum absolute atomic E-state index is 0.0360. The summed E-state index contributed by atoms with van der Waals surface area (Å²) in [7, 11) is -0.298. The fraction of sp³-hybridized carbons (Fsp3) is 0.812. The van der Waals surface area contributed by atoms with Gasteiger partial charge in [0, 0.05) is 0 Å². The van der Waals surface area contributed by atoms with Crippen LogP contribution in [0.3, 0.4) is 0 Å². The van der Waals surface area contributed by atoms with Crippen molar-refractivity contribution in [3.8, 4) is 0 Å².